The van der Waals surface area contributed by atoms with Gasteiger partial charge < -0.3 is 10.1 Å². The lowest BCUT2D eigenvalue weighted by atomic mass is 9.93. The Morgan fingerprint density at radius 2 is 2.04 bits per heavy atom. The van der Waals surface area contributed by atoms with E-state index in [1.165, 1.54) is 6.20 Å². The summed E-state index contributed by atoms with van der Waals surface area (Å²) in [4.78, 5) is 20.4. The Morgan fingerprint density at radius 1 is 1.27 bits per heavy atom. The Balaban J connectivity index is 1.49. The third-order valence-corrected chi connectivity index (χ3v) is 5.10. The Hall–Kier alpha value is -1.92. The summed E-state index contributed by atoms with van der Waals surface area (Å²) in [6.45, 7) is 0. The van der Waals surface area contributed by atoms with Crippen molar-refractivity contribution in [1.29, 1.82) is 5.26 Å². The maximum absolute atomic E-state index is 12.2. The van der Waals surface area contributed by atoms with Crippen LogP contribution in [0.2, 0.25) is 5.02 Å². The highest BCUT2D eigenvalue weighted by molar-refractivity contribution is 14.1. The van der Waals surface area contributed by atoms with Crippen molar-refractivity contribution >= 4 is 40.1 Å². The van der Waals surface area contributed by atoms with E-state index in [0.29, 0.717) is 22.0 Å². The van der Waals surface area contributed by atoms with E-state index in [1.807, 2.05) is 28.7 Å². The summed E-state index contributed by atoms with van der Waals surface area (Å²) in [7, 11) is 0. The number of halogens is 2. The minimum absolute atomic E-state index is 0.0743. The van der Waals surface area contributed by atoms with Crippen molar-refractivity contribution < 1.29 is 9.53 Å². The summed E-state index contributed by atoms with van der Waals surface area (Å²) in [6.07, 6.45) is 6.46. The van der Waals surface area contributed by atoms with Crippen LogP contribution in [0, 0.1) is 15.0 Å². The number of nitrogens with one attached hydrogen (secondary N) is 1. The van der Waals surface area contributed by atoms with E-state index >= 15 is 0 Å². The third-order valence-electron chi connectivity index (χ3n) is 4.23. The summed E-state index contributed by atoms with van der Waals surface area (Å²) >= 11 is 8.08. The fraction of sp³-hybridized carbons (Fsp3) is 0.333. The van der Waals surface area contributed by atoms with Gasteiger partial charge in [0.15, 0.2) is 0 Å². The molecule has 8 heteroatoms. The van der Waals surface area contributed by atoms with Crippen LogP contribution in [0.25, 0.3) is 0 Å². The molecule has 1 heterocycles. The Morgan fingerprint density at radius 3 is 2.65 bits per heavy atom. The van der Waals surface area contributed by atoms with Crippen LogP contribution < -0.4 is 10.1 Å². The van der Waals surface area contributed by atoms with Crippen LogP contribution >= 0.6 is 34.2 Å². The van der Waals surface area contributed by atoms with Gasteiger partial charge in [0, 0.05) is 12.1 Å². The summed E-state index contributed by atoms with van der Waals surface area (Å²) in [5, 5.41) is 12.3. The van der Waals surface area contributed by atoms with Crippen molar-refractivity contribution in [2.75, 3.05) is 0 Å². The van der Waals surface area contributed by atoms with Crippen LogP contribution in [0.1, 0.15) is 41.7 Å². The number of carbonyl (C=O) groups excluding carboxylic acids is 1. The number of nitrogens with zero attached hydrogens (tertiary/aromatic N) is 3. The molecule has 1 N–H and O–H groups in total. The van der Waals surface area contributed by atoms with Crippen LogP contribution in [0.15, 0.2) is 30.6 Å². The van der Waals surface area contributed by atoms with E-state index in [2.05, 4.69) is 15.3 Å². The Kier molecular flexibility index (Phi) is 6.27. The zero-order chi connectivity index (χ0) is 18.5. The number of nitriles is 1. The normalized spacial score (nSPS) is 19.4. The molecule has 2 aromatic rings. The second-order valence-electron chi connectivity index (χ2n) is 6.04. The molecule has 0 saturated heterocycles. The molecule has 1 aromatic heterocycles. The number of rotatable bonds is 4. The van der Waals surface area contributed by atoms with Gasteiger partial charge in [-0.2, -0.15) is 5.26 Å². The first-order valence-corrected chi connectivity index (χ1v) is 9.65. The molecule has 6 nitrogen and oxygen atoms in total. The lowest BCUT2D eigenvalue weighted by molar-refractivity contribution is 0.0888. The van der Waals surface area contributed by atoms with Gasteiger partial charge >= 0.3 is 0 Å². The summed E-state index contributed by atoms with van der Waals surface area (Å²) in [6, 6.07) is 7.22. The molecule has 26 heavy (non-hydrogen) atoms. The predicted molar refractivity (Wildman–Crippen MR) is 105 cm³/mol. The first kappa shape index (κ1) is 18.9. The lowest BCUT2D eigenvalue weighted by Crippen LogP contribution is -2.40. The van der Waals surface area contributed by atoms with Crippen molar-refractivity contribution in [1.82, 2.24) is 15.3 Å². The topological polar surface area (TPSA) is 87.9 Å². The second-order valence-corrected chi connectivity index (χ2v) is 7.56. The smallest absolute Gasteiger partial charge is 0.271 e. The summed E-state index contributed by atoms with van der Waals surface area (Å²) in [5.41, 5.74) is 0.764. The highest BCUT2D eigenvalue weighted by Crippen LogP contribution is 2.27. The van der Waals surface area contributed by atoms with Crippen LogP contribution in [0.4, 0.5) is 0 Å². The van der Waals surface area contributed by atoms with Gasteiger partial charge in [-0.15, -0.1) is 0 Å². The van der Waals surface area contributed by atoms with E-state index < -0.39 is 0 Å². The van der Waals surface area contributed by atoms with Crippen LogP contribution in [-0.2, 0) is 0 Å². The predicted octanol–water partition coefficient (Wildman–Crippen LogP) is 3.73. The van der Waals surface area contributed by atoms with Gasteiger partial charge in [0.2, 0.25) is 0 Å². The standard InChI is InChI=1S/C18H16ClIN4O2/c19-15-7-14(4-1-11(15)8-21)26-13-5-2-12(3-6-13)24-18(25)16-9-23-17(20)10-22-16/h1,4,7,9-10,12-13H,2-3,5-6H2,(H,24,25). The molecular formula is C18H16ClIN4O2. The van der Waals surface area contributed by atoms with Crippen LogP contribution in [0.3, 0.4) is 0 Å². The van der Waals surface area contributed by atoms with Crippen molar-refractivity contribution in [3.63, 3.8) is 0 Å². The quantitative estimate of drug-likeness (QED) is 0.671. The first-order valence-electron chi connectivity index (χ1n) is 8.20. The fourth-order valence-corrected chi connectivity index (χ4v) is 3.36. The molecule has 0 unspecified atom stereocenters. The van der Waals surface area contributed by atoms with Crippen molar-refractivity contribution in [3.8, 4) is 11.8 Å². The average molecular weight is 483 g/mol. The average Bonchev–Trinajstić information content (AvgIpc) is 2.64. The molecule has 1 fully saturated rings. The second kappa shape index (κ2) is 8.64. The Bertz CT molecular complexity index is 830. The summed E-state index contributed by atoms with van der Waals surface area (Å²) < 4.78 is 6.71. The lowest BCUT2D eigenvalue weighted by Gasteiger charge is -2.29. The molecule has 0 spiro atoms. The van der Waals surface area contributed by atoms with Gasteiger partial charge in [-0.3, -0.25) is 4.79 Å². The molecule has 1 aliphatic carbocycles. The van der Waals surface area contributed by atoms with Crippen molar-refractivity contribution in [2.45, 2.75) is 37.8 Å². The van der Waals surface area contributed by atoms with Crippen LogP contribution in [0.5, 0.6) is 5.75 Å². The van der Waals surface area contributed by atoms with E-state index in [1.54, 1.807) is 24.4 Å². The minimum atomic E-state index is -0.197. The number of benzene rings is 1. The number of ether oxygens (including phenoxy) is 1. The molecule has 0 atom stereocenters. The molecule has 134 valence electrons. The molecule has 1 aromatic carbocycles. The largest absolute Gasteiger partial charge is 0.490 e. The minimum Gasteiger partial charge on any atom is -0.490 e. The van der Waals surface area contributed by atoms with E-state index in [4.69, 9.17) is 21.6 Å². The first-order chi connectivity index (χ1) is 12.5. The zero-order valence-corrected chi connectivity index (χ0v) is 16.7. The number of hydrogen-bond acceptors (Lipinski definition) is 5. The molecule has 3 rings (SSSR count). The number of aromatic nitrogens is 2. The summed E-state index contributed by atoms with van der Waals surface area (Å²) in [5.74, 6) is 0.466. The van der Waals surface area contributed by atoms with Gasteiger partial charge in [-0.1, -0.05) is 11.6 Å². The van der Waals surface area contributed by atoms with E-state index in [-0.39, 0.29) is 18.1 Å². The van der Waals surface area contributed by atoms with Gasteiger partial charge in [-0.05, 0) is 60.4 Å². The number of carbonyl (C=O) groups is 1. The third kappa shape index (κ3) is 4.83. The Labute approximate surface area is 170 Å². The van der Waals surface area contributed by atoms with Gasteiger partial charge in [0.1, 0.15) is 21.2 Å². The molecule has 1 saturated carbocycles. The van der Waals surface area contributed by atoms with E-state index in [0.717, 1.165) is 29.4 Å². The number of hydrogen-bond donors (Lipinski definition) is 1. The molecule has 0 radical (unpaired) electrons. The highest BCUT2D eigenvalue weighted by Gasteiger charge is 2.24. The molecule has 0 aliphatic heterocycles. The van der Waals surface area contributed by atoms with Crippen LogP contribution in [-0.4, -0.2) is 28.0 Å². The maximum atomic E-state index is 12.2. The van der Waals surface area contributed by atoms with E-state index in [9.17, 15) is 4.79 Å². The molecular weight excluding hydrogens is 467 g/mol. The maximum Gasteiger partial charge on any atom is 0.271 e. The molecule has 1 aliphatic rings. The van der Waals surface area contributed by atoms with Crippen molar-refractivity contribution in [3.05, 3.63) is 50.6 Å². The highest BCUT2D eigenvalue weighted by atomic mass is 127. The molecule has 0 bridgehead atoms. The SMILES string of the molecule is N#Cc1ccc(OC2CCC(NC(=O)c3cnc(I)cn3)CC2)cc1Cl. The monoisotopic (exact) mass is 482 g/mol. The zero-order valence-electron chi connectivity index (χ0n) is 13.8. The fourth-order valence-electron chi connectivity index (χ4n) is 2.87. The molecule has 1 amide bonds. The van der Waals surface area contributed by atoms with Gasteiger partial charge in [0.25, 0.3) is 5.91 Å². The van der Waals surface area contributed by atoms with Gasteiger partial charge in [0.05, 0.1) is 29.1 Å². The number of amides is 1. The van der Waals surface area contributed by atoms with Gasteiger partial charge in [-0.25, -0.2) is 9.97 Å². The van der Waals surface area contributed by atoms with Crippen molar-refractivity contribution in [2.24, 2.45) is 0 Å².